The predicted octanol–water partition coefficient (Wildman–Crippen LogP) is 3.25. The lowest BCUT2D eigenvalue weighted by Crippen LogP contribution is -1.84. The van der Waals surface area contributed by atoms with Crippen LogP contribution in [0.25, 0.3) is 33.3 Å². The van der Waals surface area contributed by atoms with Crippen LogP contribution in [0.4, 0.5) is 4.39 Å². The van der Waals surface area contributed by atoms with Crippen LogP contribution in [0, 0.1) is 5.82 Å². The minimum absolute atomic E-state index is 0.309. The molecule has 0 saturated carbocycles. The van der Waals surface area contributed by atoms with Crippen molar-refractivity contribution in [3.8, 4) is 11.4 Å². The third-order valence-electron chi connectivity index (χ3n) is 3.15. The van der Waals surface area contributed by atoms with Gasteiger partial charge in [0.2, 0.25) is 0 Å². The van der Waals surface area contributed by atoms with E-state index in [2.05, 4.69) is 20.2 Å². The zero-order chi connectivity index (χ0) is 12.8. The van der Waals surface area contributed by atoms with Gasteiger partial charge in [-0.2, -0.15) is 0 Å². The SMILES string of the molecule is Fc1ccccc1-c1nc2cc3c[nH][nH]c3cc2n1. The maximum absolute atomic E-state index is 13.7. The fourth-order valence-corrected chi connectivity index (χ4v) is 2.21. The zero-order valence-electron chi connectivity index (χ0n) is 9.81. The molecule has 0 saturated heterocycles. The molecule has 0 amide bonds. The first kappa shape index (κ1) is 10.3. The third kappa shape index (κ3) is 1.52. The summed E-state index contributed by atoms with van der Waals surface area (Å²) in [6.07, 6.45) is 1.85. The number of hydrogen-bond acceptors (Lipinski definition) is 2. The molecule has 0 fully saturated rings. The molecule has 4 aromatic rings. The number of rotatable bonds is 1. The van der Waals surface area contributed by atoms with E-state index in [-0.39, 0.29) is 5.82 Å². The number of aromatic nitrogens is 4. The predicted molar refractivity (Wildman–Crippen MR) is 71.1 cm³/mol. The molecule has 0 radical (unpaired) electrons. The lowest BCUT2D eigenvalue weighted by atomic mass is 10.2. The number of fused-ring (bicyclic) bond motifs is 2. The Kier molecular flexibility index (Phi) is 1.97. The summed E-state index contributed by atoms with van der Waals surface area (Å²) < 4.78 is 13.7. The van der Waals surface area contributed by atoms with Gasteiger partial charge in [0.15, 0.2) is 5.82 Å². The zero-order valence-corrected chi connectivity index (χ0v) is 9.81. The van der Waals surface area contributed by atoms with E-state index in [1.807, 2.05) is 18.3 Å². The highest BCUT2D eigenvalue weighted by Gasteiger charge is 2.11. The molecule has 2 aromatic carbocycles. The van der Waals surface area contributed by atoms with Gasteiger partial charge < -0.3 is 10.2 Å². The molecule has 0 unspecified atom stereocenters. The van der Waals surface area contributed by atoms with E-state index in [0.29, 0.717) is 11.4 Å². The van der Waals surface area contributed by atoms with Crippen molar-refractivity contribution in [3.05, 3.63) is 48.4 Å². The molecular weight excluding hydrogens is 243 g/mol. The van der Waals surface area contributed by atoms with E-state index in [4.69, 9.17) is 0 Å². The van der Waals surface area contributed by atoms with E-state index >= 15 is 0 Å². The third-order valence-corrected chi connectivity index (χ3v) is 3.15. The van der Waals surface area contributed by atoms with Gasteiger partial charge in [-0.15, -0.1) is 0 Å². The maximum Gasteiger partial charge on any atom is 0.163 e. The summed E-state index contributed by atoms with van der Waals surface area (Å²) in [6, 6.07) is 10.4. The van der Waals surface area contributed by atoms with Gasteiger partial charge in [0.25, 0.3) is 0 Å². The summed E-state index contributed by atoms with van der Waals surface area (Å²) in [5.74, 6) is 0.112. The van der Waals surface area contributed by atoms with Crippen LogP contribution >= 0.6 is 0 Å². The second-order valence-corrected chi connectivity index (χ2v) is 4.37. The Bertz CT molecular complexity index is 843. The van der Waals surface area contributed by atoms with Gasteiger partial charge in [-0.05, 0) is 24.3 Å². The Morgan fingerprint density at radius 1 is 1.00 bits per heavy atom. The van der Waals surface area contributed by atoms with Crippen LogP contribution < -0.4 is 0 Å². The largest absolute Gasteiger partial charge is 0.307 e. The summed E-state index contributed by atoms with van der Waals surface area (Å²) in [5.41, 5.74) is 2.89. The Balaban J connectivity index is 1.99. The Morgan fingerprint density at radius 2 is 1.79 bits per heavy atom. The topological polar surface area (TPSA) is 57.4 Å². The molecule has 4 nitrogen and oxygen atoms in total. The first-order valence-corrected chi connectivity index (χ1v) is 5.89. The molecule has 0 aliphatic heterocycles. The van der Waals surface area contributed by atoms with Crippen molar-refractivity contribution in [1.29, 1.82) is 0 Å². The number of benzene rings is 2. The quantitative estimate of drug-likeness (QED) is 0.546. The molecular formula is C14H9FN4. The number of aromatic amines is 2. The van der Waals surface area contributed by atoms with E-state index in [1.165, 1.54) is 6.07 Å². The van der Waals surface area contributed by atoms with Crippen LogP contribution in [0.5, 0.6) is 0 Å². The molecule has 2 N–H and O–H groups in total. The van der Waals surface area contributed by atoms with Crippen LogP contribution in [0.1, 0.15) is 0 Å². The first-order valence-electron chi connectivity index (χ1n) is 5.89. The smallest absolute Gasteiger partial charge is 0.163 e. The van der Waals surface area contributed by atoms with Gasteiger partial charge in [-0.25, -0.2) is 14.4 Å². The summed E-state index contributed by atoms with van der Waals surface area (Å²) in [7, 11) is 0. The average Bonchev–Trinajstić information content (AvgIpc) is 3.01. The van der Waals surface area contributed by atoms with Crippen LogP contribution in [0.2, 0.25) is 0 Å². The van der Waals surface area contributed by atoms with Crippen molar-refractivity contribution in [2.45, 2.75) is 0 Å². The van der Waals surface area contributed by atoms with Crippen LogP contribution in [0.3, 0.4) is 0 Å². The first-order chi connectivity index (χ1) is 9.31. The highest BCUT2D eigenvalue weighted by molar-refractivity contribution is 5.93. The van der Waals surface area contributed by atoms with Crippen molar-refractivity contribution >= 4 is 21.9 Å². The number of H-pyrrole nitrogens is 2. The average molecular weight is 252 g/mol. The molecule has 5 heteroatoms. The van der Waals surface area contributed by atoms with Gasteiger partial charge in [-0.3, -0.25) is 0 Å². The number of nitrogens with one attached hydrogen (secondary N) is 2. The van der Waals surface area contributed by atoms with Gasteiger partial charge in [0, 0.05) is 11.6 Å². The Morgan fingerprint density at radius 3 is 2.63 bits per heavy atom. The number of halogens is 1. The molecule has 0 aliphatic rings. The second kappa shape index (κ2) is 3.65. The molecule has 0 bridgehead atoms. The Labute approximate surface area is 107 Å². The number of imidazole rings is 1. The summed E-state index contributed by atoms with van der Waals surface area (Å²) in [4.78, 5) is 8.78. The normalized spacial score (nSPS) is 11.4. The molecule has 4 rings (SSSR count). The molecule has 0 spiro atoms. The molecule has 2 aromatic heterocycles. The van der Waals surface area contributed by atoms with Gasteiger partial charge in [0.1, 0.15) is 5.82 Å². The summed E-state index contributed by atoms with van der Waals surface area (Å²) in [5, 5.41) is 6.94. The van der Waals surface area contributed by atoms with Crippen molar-refractivity contribution in [1.82, 2.24) is 20.2 Å². The van der Waals surface area contributed by atoms with Crippen LogP contribution in [-0.2, 0) is 0 Å². The minimum Gasteiger partial charge on any atom is -0.307 e. The highest BCUT2D eigenvalue weighted by Crippen LogP contribution is 2.25. The standard InChI is InChI=1S/C14H9FN4/c15-10-4-2-1-3-9(10)14-17-12-5-8-7-16-19-11(8)6-13(12)18-14/h1-7,16,19H. The summed E-state index contributed by atoms with van der Waals surface area (Å²) >= 11 is 0. The van der Waals surface area contributed by atoms with Gasteiger partial charge in [0.05, 0.1) is 22.1 Å². The maximum atomic E-state index is 13.7. The van der Waals surface area contributed by atoms with Crippen LogP contribution in [-0.4, -0.2) is 20.2 Å². The van der Waals surface area contributed by atoms with Crippen LogP contribution in [0.15, 0.2) is 42.6 Å². The molecule has 2 heterocycles. The van der Waals surface area contributed by atoms with Crippen molar-refractivity contribution < 1.29 is 4.39 Å². The van der Waals surface area contributed by atoms with E-state index in [9.17, 15) is 4.39 Å². The van der Waals surface area contributed by atoms with E-state index in [0.717, 1.165) is 21.9 Å². The molecule has 92 valence electrons. The summed E-state index contributed by atoms with van der Waals surface area (Å²) in [6.45, 7) is 0. The molecule has 0 atom stereocenters. The Hall–Kier alpha value is -2.69. The highest BCUT2D eigenvalue weighted by atomic mass is 19.1. The minimum atomic E-state index is -0.309. The molecule has 0 aliphatic carbocycles. The molecule has 19 heavy (non-hydrogen) atoms. The second-order valence-electron chi connectivity index (χ2n) is 4.37. The monoisotopic (exact) mass is 252 g/mol. The number of hydrogen-bond donors (Lipinski definition) is 2. The van der Waals surface area contributed by atoms with Crippen molar-refractivity contribution in [2.75, 3.05) is 0 Å². The van der Waals surface area contributed by atoms with E-state index in [1.54, 1.807) is 18.2 Å². The van der Waals surface area contributed by atoms with Crippen molar-refractivity contribution in [2.24, 2.45) is 0 Å². The van der Waals surface area contributed by atoms with Gasteiger partial charge >= 0.3 is 0 Å². The fraction of sp³-hybridized carbons (Fsp3) is 0. The lowest BCUT2D eigenvalue weighted by Gasteiger charge is -1.95. The number of nitrogens with zero attached hydrogens (tertiary/aromatic N) is 2. The lowest BCUT2D eigenvalue weighted by molar-refractivity contribution is 0.630. The van der Waals surface area contributed by atoms with E-state index < -0.39 is 0 Å². The van der Waals surface area contributed by atoms with Gasteiger partial charge in [-0.1, -0.05) is 12.1 Å². The fourth-order valence-electron chi connectivity index (χ4n) is 2.21. The van der Waals surface area contributed by atoms with Crippen molar-refractivity contribution in [3.63, 3.8) is 0 Å².